The molecule has 2 N–H and O–H groups in total. The molecule has 10 heteroatoms. The van der Waals surface area contributed by atoms with Crippen LogP contribution in [-0.2, 0) is 22.8 Å². The Morgan fingerprint density at radius 3 is 2.76 bits per heavy atom. The third-order valence-corrected chi connectivity index (χ3v) is 6.40. The summed E-state index contributed by atoms with van der Waals surface area (Å²) in [6.07, 6.45) is 3.27. The molecule has 0 saturated carbocycles. The first-order valence-corrected chi connectivity index (χ1v) is 10.4. The maximum absolute atomic E-state index is 13.4. The molecular weight excluding hydrogens is 404 g/mol. The van der Waals surface area contributed by atoms with Crippen molar-refractivity contribution in [1.29, 1.82) is 0 Å². The summed E-state index contributed by atoms with van der Waals surface area (Å²) >= 11 is 0. The van der Waals surface area contributed by atoms with Crippen LogP contribution in [0.3, 0.4) is 0 Å². The van der Waals surface area contributed by atoms with Crippen molar-refractivity contribution in [3.8, 4) is 5.75 Å². The van der Waals surface area contributed by atoms with Crippen LogP contribution in [0.1, 0.15) is 23.3 Å². The number of hydrogen-bond acceptors (Lipinski definition) is 4. The van der Waals surface area contributed by atoms with Crippen molar-refractivity contribution in [3.63, 3.8) is 0 Å². The van der Waals surface area contributed by atoms with Crippen molar-refractivity contribution in [2.24, 2.45) is 13.0 Å². The van der Waals surface area contributed by atoms with Crippen LogP contribution in [0.2, 0.25) is 0 Å². The van der Waals surface area contributed by atoms with Gasteiger partial charge in [-0.2, -0.15) is 0 Å². The standard InChI is InChI=1S/C19H21F2N3O4S/c1-24-9-16-18(17(24)19(25)22-12-2-3-13(20)14(21)8-12)28-10-15(23-29(16)26)11-4-6-27-7-5-11/h2-3,8-9,11,15,23H,4-7,10H2,1H3,(H,22,25). The summed E-state index contributed by atoms with van der Waals surface area (Å²) in [5.41, 5.74) is 0.268. The Morgan fingerprint density at radius 2 is 2.03 bits per heavy atom. The van der Waals surface area contributed by atoms with E-state index in [0.717, 1.165) is 25.0 Å². The number of halogens is 2. The zero-order valence-corrected chi connectivity index (χ0v) is 16.6. The summed E-state index contributed by atoms with van der Waals surface area (Å²) in [7, 11) is 0.0805. The van der Waals surface area contributed by atoms with Crippen molar-refractivity contribution in [3.05, 3.63) is 41.7 Å². The molecule has 1 aromatic carbocycles. The van der Waals surface area contributed by atoms with Gasteiger partial charge in [-0.15, -0.1) is 0 Å². The van der Waals surface area contributed by atoms with E-state index in [1.807, 2.05) is 0 Å². The van der Waals surface area contributed by atoms with E-state index in [-0.39, 0.29) is 35.7 Å². The molecule has 3 heterocycles. The molecule has 2 aliphatic rings. The molecule has 0 radical (unpaired) electrons. The minimum Gasteiger partial charge on any atom is -0.488 e. The monoisotopic (exact) mass is 425 g/mol. The predicted octanol–water partition coefficient (Wildman–Crippen LogP) is 2.36. The molecule has 1 amide bonds. The van der Waals surface area contributed by atoms with E-state index in [2.05, 4.69) is 10.0 Å². The fourth-order valence-corrected chi connectivity index (χ4v) is 4.87. The molecule has 1 fully saturated rings. The molecule has 4 rings (SSSR count). The van der Waals surface area contributed by atoms with Gasteiger partial charge in [0.1, 0.15) is 22.5 Å². The number of benzene rings is 1. The van der Waals surface area contributed by atoms with Crippen molar-refractivity contribution in [1.82, 2.24) is 9.29 Å². The normalized spacial score (nSPS) is 22.4. The summed E-state index contributed by atoms with van der Waals surface area (Å²) in [4.78, 5) is 13.2. The van der Waals surface area contributed by atoms with Crippen LogP contribution in [0.4, 0.5) is 14.5 Å². The summed E-state index contributed by atoms with van der Waals surface area (Å²) < 4.78 is 55.3. The average Bonchev–Trinajstić information content (AvgIpc) is 2.96. The molecule has 2 aromatic rings. The lowest BCUT2D eigenvalue weighted by molar-refractivity contribution is 0.0502. The third-order valence-electron chi connectivity index (χ3n) is 5.20. The highest BCUT2D eigenvalue weighted by molar-refractivity contribution is 7.83. The number of aryl methyl sites for hydroxylation is 1. The first kappa shape index (κ1) is 20.0. The molecule has 2 aliphatic heterocycles. The van der Waals surface area contributed by atoms with Gasteiger partial charge in [0.25, 0.3) is 5.91 Å². The van der Waals surface area contributed by atoms with Crippen molar-refractivity contribution in [2.45, 2.75) is 23.8 Å². The van der Waals surface area contributed by atoms with Gasteiger partial charge < -0.3 is 19.4 Å². The van der Waals surface area contributed by atoms with Crippen LogP contribution in [0.15, 0.2) is 29.3 Å². The Balaban J connectivity index is 1.57. The quantitative estimate of drug-likeness (QED) is 0.791. The molecular formula is C19H21F2N3O4S. The summed E-state index contributed by atoms with van der Waals surface area (Å²) in [6, 6.07) is 2.97. The zero-order chi connectivity index (χ0) is 20.5. The molecule has 156 valence electrons. The Kier molecular flexibility index (Phi) is 5.66. The average molecular weight is 425 g/mol. The Hall–Kier alpha value is -2.30. The molecule has 29 heavy (non-hydrogen) atoms. The lowest BCUT2D eigenvalue weighted by Crippen LogP contribution is -2.42. The van der Waals surface area contributed by atoms with Gasteiger partial charge in [0, 0.05) is 38.2 Å². The van der Waals surface area contributed by atoms with E-state index in [4.69, 9.17) is 9.47 Å². The largest absolute Gasteiger partial charge is 0.488 e. The maximum atomic E-state index is 13.4. The second kappa shape index (κ2) is 8.21. The molecule has 7 nitrogen and oxygen atoms in total. The Bertz CT molecular complexity index is 959. The number of hydrogen-bond donors (Lipinski definition) is 2. The number of amides is 1. The van der Waals surface area contributed by atoms with Gasteiger partial charge in [-0.05, 0) is 30.9 Å². The van der Waals surface area contributed by atoms with Crippen LogP contribution < -0.4 is 14.8 Å². The summed E-state index contributed by atoms with van der Waals surface area (Å²) in [6.45, 7) is 1.58. The molecule has 0 bridgehead atoms. The third kappa shape index (κ3) is 4.05. The lowest BCUT2D eigenvalue weighted by atomic mass is 9.93. The van der Waals surface area contributed by atoms with E-state index in [1.54, 1.807) is 13.2 Å². The van der Waals surface area contributed by atoms with Crippen molar-refractivity contribution >= 4 is 22.6 Å². The molecule has 1 aromatic heterocycles. The van der Waals surface area contributed by atoms with Gasteiger partial charge in [-0.25, -0.2) is 17.7 Å². The number of ether oxygens (including phenoxy) is 2. The van der Waals surface area contributed by atoms with E-state index in [9.17, 15) is 17.8 Å². The summed E-state index contributed by atoms with van der Waals surface area (Å²) in [5.74, 6) is -2.13. The fourth-order valence-electron chi connectivity index (χ4n) is 3.63. The van der Waals surface area contributed by atoms with Crippen LogP contribution in [0.25, 0.3) is 0 Å². The SMILES string of the molecule is Cn1cc2c(c1C(=O)Nc1ccc(F)c(F)c1)OCC(C1CCOCC1)NS2=O. The van der Waals surface area contributed by atoms with E-state index >= 15 is 0 Å². The van der Waals surface area contributed by atoms with Gasteiger partial charge in [-0.3, -0.25) is 4.79 Å². The van der Waals surface area contributed by atoms with Crippen LogP contribution in [0.5, 0.6) is 5.75 Å². The smallest absolute Gasteiger partial charge is 0.276 e. The Labute approximate surface area is 169 Å². The molecule has 0 spiro atoms. The highest BCUT2D eigenvalue weighted by Gasteiger charge is 2.33. The minimum absolute atomic E-state index is 0.108. The van der Waals surface area contributed by atoms with Gasteiger partial charge in [0.15, 0.2) is 23.1 Å². The van der Waals surface area contributed by atoms with Gasteiger partial charge >= 0.3 is 0 Å². The van der Waals surface area contributed by atoms with E-state index in [1.165, 1.54) is 10.6 Å². The first-order chi connectivity index (χ1) is 13.9. The number of rotatable bonds is 3. The number of nitrogens with zero attached hydrogens (tertiary/aromatic N) is 1. The van der Waals surface area contributed by atoms with Gasteiger partial charge in [0.05, 0.1) is 6.04 Å². The lowest BCUT2D eigenvalue weighted by Gasteiger charge is -2.29. The van der Waals surface area contributed by atoms with Crippen molar-refractivity contribution < 1.29 is 27.3 Å². The Morgan fingerprint density at radius 1 is 1.28 bits per heavy atom. The van der Waals surface area contributed by atoms with Crippen LogP contribution in [-0.4, -0.2) is 40.5 Å². The second-order valence-electron chi connectivity index (χ2n) is 7.12. The highest BCUT2D eigenvalue weighted by Crippen LogP contribution is 2.33. The number of anilines is 1. The maximum Gasteiger partial charge on any atom is 0.276 e. The molecule has 1 saturated heterocycles. The molecule has 0 aliphatic carbocycles. The first-order valence-electron chi connectivity index (χ1n) is 9.28. The summed E-state index contributed by atoms with van der Waals surface area (Å²) in [5, 5.41) is 2.53. The number of carbonyl (C=O) groups excluding carboxylic acids is 1. The van der Waals surface area contributed by atoms with E-state index < -0.39 is 28.5 Å². The fraction of sp³-hybridized carbons (Fsp3) is 0.421. The van der Waals surface area contributed by atoms with Crippen LogP contribution >= 0.6 is 0 Å². The molecule has 2 atom stereocenters. The molecule has 2 unspecified atom stereocenters. The number of aromatic nitrogens is 1. The number of nitrogens with one attached hydrogen (secondary N) is 2. The van der Waals surface area contributed by atoms with Gasteiger partial charge in [0.2, 0.25) is 0 Å². The second-order valence-corrected chi connectivity index (χ2v) is 8.33. The van der Waals surface area contributed by atoms with E-state index in [0.29, 0.717) is 18.1 Å². The predicted molar refractivity (Wildman–Crippen MR) is 102 cm³/mol. The zero-order valence-electron chi connectivity index (χ0n) is 15.7. The minimum atomic E-state index is -1.55. The van der Waals surface area contributed by atoms with Gasteiger partial charge in [-0.1, -0.05) is 0 Å². The highest BCUT2D eigenvalue weighted by atomic mass is 32.2. The number of fused-ring (bicyclic) bond motifs is 1. The van der Waals surface area contributed by atoms with Crippen LogP contribution in [0, 0.1) is 17.6 Å². The topological polar surface area (TPSA) is 81.6 Å². The van der Waals surface area contributed by atoms with Crippen molar-refractivity contribution in [2.75, 3.05) is 25.1 Å². The number of carbonyl (C=O) groups is 1.